The number of rotatable bonds is 5. The Kier molecular flexibility index (Phi) is 5.79. The van der Waals surface area contributed by atoms with Crippen molar-refractivity contribution in [2.75, 3.05) is 36.6 Å². The maximum Gasteiger partial charge on any atom is 0.223 e. The van der Waals surface area contributed by atoms with Gasteiger partial charge in [-0.25, -0.2) is 19.3 Å². The van der Waals surface area contributed by atoms with Gasteiger partial charge in [-0.15, -0.1) is 0 Å². The monoisotopic (exact) mass is 502 g/mol. The predicted molar refractivity (Wildman–Crippen MR) is 130 cm³/mol. The number of anilines is 2. The summed E-state index contributed by atoms with van der Waals surface area (Å²) in [5.41, 5.74) is 1.98. The zero-order chi connectivity index (χ0) is 24.3. The van der Waals surface area contributed by atoms with Crippen molar-refractivity contribution in [2.45, 2.75) is 57.0 Å². The number of halogens is 2. The Morgan fingerprint density at radius 3 is 2.83 bits per heavy atom. The number of imidazole rings is 1. The molecule has 0 aliphatic carbocycles. The Morgan fingerprint density at radius 2 is 2.11 bits per heavy atom. The Labute approximate surface area is 207 Å². The van der Waals surface area contributed by atoms with Crippen LogP contribution in [0.1, 0.15) is 32.7 Å². The van der Waals surface area contributed by atoms with E-state index >= 15 is 4.39 Å². The van der Waals surface area contributed by atoms with E-state index in [1.165, 1.54) is 12.3 Å². The lowest BCUT2D eigenvalue weighted by molar-refractivity contribution is -0.0136. The van der Waals surface area contributed by atoms with Gasteiger partial charge in [-0.1, -0.05) is 11.6 Å². The average Bonchev–Trinajstić information content (AvgIpc) is 3.56. The maximum absolute atomic E-state index is 15.5. The van der Waals surface area contributed by atoms with E-state index in [2.05, 4.69) is 38.6 Å². The van der Waals surface area contributed by atoms with Gasteiger partial charge in [0, 0.05) is 24.8 Å². The minimum absolute atomic E-state index is 0.0674. The topological polar surface area (TPSA) is 97.6 Å². The minimum atomic E-state index is -0.662. The molecule has 0 saturated carbocycles. The second-order valence-corrected chi connectivity index (χ2v) is 10.2. The molecule has 35 heavy (non-hydrogen) atoms. The summed E-state index contributed by atoms with van der Waals surface area (Å²) in [7, 11) is 0. The van der Waals surface area contributed by atoms with Crippen molar-refractivity contribution in [2.24, 2.45) is 0 Å². The van der Waals surface area contributed by atoms with Crippen LogP contribution in [0.5, 0.6) is 0 Å². The van der Waals surface area contributed by atoms with Crippen LogP contribution in [-0.2, 0) is 9.47 Å². The third-order valence-corrected chi connectivity index (χ3v) is 7.34. The van der Waals surface area contributed by atoms with E-state index in [1.54, 1.807) is 0 Å². The van der Waals surface area contributed by atoms with E-state index in [9.17, 15) is 5.11 Å². The van der Waals surface area contributed by atoms with Gasteiger partial charge in [-0.2, -0.15) is 0 Å². The Bertz CT molecular complexity index is 1270. The van der Waals surface area contributed by atoms with Gasteiger partial charge < -0.3 is 29.4 Å². The SMILES string of the molecule is CC(C)n1c(N2C[C@@H]3C[C@H]2CO3)nc2c(F)cc(-c3nc(N[C@@H]4CCOC[C@H]4O)ncc3Cl)cc21. The smallest absolute Gasteiger partial charge is 0.223 e. The maximum atomic E-state index is 15.5. The molecule has 2 aromatic heterocycles. The molecule has 3 aliphatic heterocycles. The molecule has 6 rings (SSSR count). The van der Waals surface area contributed by atoms with E-state index < -0.39 is 11.9 Å². The molecule has 11 heteroatoms. The third kappa shape index (κ3) is 4.02. The van der Waals surface area contributed by atoms with Crippen LogP contribution in [0.2, 0.25) is 5.02 Å². The van der Waals surface area contributed by atoms with Crippen LogP contribution in [0, 0.1) is 5.82 Å². The molecule has 9 nitrogen and oxygen atoms in total. The van der Waals surface area contributed by atoms with Crippen LogP contribution < -0.4 is 10.2 Å². The second-order valence-electron chi connectivity index (χ2n) is 9.77. The van der Waals surface area contributed by atoms with Crippen molar-refractivity contribution < 1.29 is 19.0 Å². The molecule has 0 unspecified atom stereocenters. The lowest BCUT2D eigenvalue weighted by Crippen LogP contribution is -2.42. The highest BCUT2D eigenvalue weighted by Gasteiger charge is 2.41. The third-order valence-electron chi connectivity index (χ3n) is 7.06. The van der Waals surface area contributed by atoms with Crippen LogP contribution in [-0.4, -0.2) is 75.3 Å². The van der Waals surface area contributed by atoms with Crippen molar-refractivity contribution in [1.82, 2.24) is 19.5 Å². The molecule has 2 bridgehead atoms. The van der Waals surface area contributed by atoms with E-state index in [-0.39, 0.29) is 30.8 Å². The van der Waals surface area contributed by atoms with Crippen LogP contribution in [0.4, 0.5) is 16.3 Å². The number of aliphatic hydroxyl groups is 1. The number of ether oxygens (including phenoxy) is 2. The molecule has 3 saturated heterocycles. The lowest BCUT2D eigenvalue weighted by atomic mass is 10.1. The molecule has 3 aliphatic rings. The minimum Gasteiger partial charge on any atom is -0.389 e. The molecule has 0 radical (unpaired) electrons. The van der Waals surface area contributed by atoms with Gasteiger partial charge in [-0.3, -0.25) is 0 Å². The molecule has 3 aromatic rings. The molecule has 0 spiro atoms. The van der Waals surface area contributed by atoms with Crippen LogP contribution in [0.15, 0.2) is 18.3 Å². The number of morpholine rings is 1. The fraction of sp³-hybridized carbons (Fsp3) is 0.542. The predicted octanol–water partition coefficient (Wildman–Crippen LogP) is 3.41. The summed E-state index contributed by atoms with van der Waals surface area (Å²) in [4.78, 5) is 15.8. The first kappa shape index (κ1) is 22.9. The van der Waals surface area contributed by atoms with Gasteiger partial charge in [0.2, 0.25) is 11.9 Å². The lowest BCUT2D eigenvalue weighted by Gasteiger charge is -2.29. The number of fused-ring (bicyclic) bond motifs is 3. The number of aromatic nitrogens is 4. The van der Waals surface area contributed by atoms with Crippen molar-refractivity contribution in [3.05, 3.63) is 29.2 Å². The second kappa shape index (κ2) is 8.85. The number of hydrogen-bond donors (Lipinski definition) is 2. The van der Waals surface area contributed by atoms with Gasteiger partial charge >= 0.3 is 0 Å². The highest BCUT2D eigenvalue weighted by Crippen LogP contribution is 2.38. The number of nitrogens with zero attached hydrogens (tertiary/aromatic N) is 5. The van der Waals surface area contributed by atoms with Crippen molar-refractivity contribution in [3.63, 3.8) is 0 Å². The van der Waals surface area contributed by atoms with Crippen LogP contribution >= 0.6 is 11.6 Å². The highest BCUT2D eigenvalue weighted by molar-refractivity contribution is 6.33. The summed E-state index contributed by atoms with van der Waals surface area (Å²) in [6.07, 6.45) is 2.64. The molecule has 0 amide bonds. The molecule has 5 heterocycles. The summed E-state index contributed by atoms with van der Waals surface area (Å²) >= 11 is 6.47. The quantitative estimate of drug-likeness (QED) is 0.548. The van der Waals surface area contributed by atoms with Gasteiger partial charge in [-0.05, 0) is 38.8 Å². The Hall–Kier alpha value is -2.53. The Morgan fingerprint density at radius 1 is 1.26 bits per heavy atom. The van der Waals surface area contributed by atoms with E-state index in [0.717, 1.165) is 18.9 Å². The van der Waals surface area contributed by atoms with Crippen molar-refractivity contribution in [3.8, 4) is 11.3 Å². The number of benzene rings is 1. The summed E-state index contributed by atoms with van der Waals surface area (Å²) in [5, 5.41) is 13.7. The van der Waals surface area contributed by atoms with Gasteiger partial charge in [0.05, 0.1) is 59.9 Å². The van der Waals surface area contributed by atoms with Gasteiger partial charge in [0.1, 0.15) is 5.52 Å². The van der Waals surface area contributed by atoms with Gasteiger partial charge in [0.25, 0.3) is 0 Å². The standard InChI is InChI=1S/C24H28ClFN6O3/c1-12(2)32-19-6-13(5-17(26)22(19)30-24(32)31-9-15-7-14(31)10-35-15)21-16(25)8-27-23(29-21)28-18-3-4-34-11-20(18)33/h5-6,8,12,14-15,18,20,33H,3-4,7,9-11H2,1-2H3,(H,27,28,29)/t14-,15-,18+,20+/m0/s1. The van der Waals surface area contributed by atoms with E-state index in [4.69, 9.17) is 26.1 Å². The average molecular weight is 503 g/mol. The molecular formula is C24H28ClFN6O3. The van der Waals surface area contributed by atoms with Crippen molar-refractivity contribution in [1.29, 1.82) is 0 Å². The van der Waals surface area contributed by atoms with Crippen molar-refractivity contribution >= 4 is 34.5 Å². The number of aliphatic hydroxyl groups excluding tert-OH is 1. The zero-order valence-corrected chi connectivity index (χ0v) is 20.4. The Balaban J connectivity index is 1.40. The number of hydrogen-bond acceptors (Lipinski definition) is 8. The number of nitrogens with one attached hydrogen (secondary N) is 1. The zero-order valence-electron chi connectivity index (χ0n) is 19.6. The van der Waals surface area contributed by atoms with Gasteiger partial charge in [0.15, 0.2) is 5.82 Å². The van der Waals surface area contributed by atoms with E-state index in [1.807, 2.05) is 6.07 Å². The molecule has 1 aromatic carbocycles. The first-order valence-electron chi connectivity index (χ1n) is 12.0. The molecule has 2 N–H and O–H groups in total. The summed E-state index contributed by atoms with van der Waals surface area (Å²) in [6.45, 7) is 6.38. The molecular weight excluding hydrogens is 475 g/mol. The normalized spacial score (nSPS) is 26.3. The summed E-state index contributed by atoms with van der Waals surface area (Å²) in [5.74, 6) is 0.663. The summed E-state index contributed by atoms with van der Waals surface area (Å²) in [6, 6.07) is 3.41. The fourth-order valence-corrected chi connectivity index (χ4v) is 5.53. The van der Waals surface area contributed by atoms with Crippen LogP contribution in [0.25, 0.3) is 22.3 Å². The van der Waals surface area contributed by atoms with E-state index in [0.29, 0.717) is 52.9 Å². The molecule has 4 atom stereocenters. The van der Waals surface area contributed by atoms with Crippen LogP contribution in [0.3, 0.4) is 0 Å². The summed E-state index contributed by atoms with van der Waals surface area (Å²) < 4.78 is 28.6. The largest absolute Gasteiger partial charge is 0.389 e. The highest BCUT2D eigenvalue weighted by atomic mass is 35.5. The first-order valence-corrected chi connectivity index (χ1v) is 12.4. The molecule has 186 valence electrons. The first-order chi connectivity index (χ1) is 16.9. The fourth-order valence-electron chi connectivity index (χ4n) is 5.33. The molecule has 3 fully saturated rings.